The summed E-state index contributed by atoms with van der Waals surface area (Å²) in [6.07, 6.45) is 0. The minimum atomic E-state index is -3.73. The van der Waals surface area contributed by atoms with E-state index in [0.717, 1.165) is 0 Å². The van der Waals surface area contributed by atoms with Crippen LogP contribution in [0.2, 0.25) is 0 Å². The van der Waals surface area contributed by atoms with Crippen LogP contribution in [0.15, 0.2) is 23.1 Å². The van der Waals surface area contributed by atoms with Crippen LogP contribution >= 0.6 is 0 Å². The number of hydrogen-bond acceptors (Lipinski definition) is 4. The van der Waals surface area contributed by atoms with Crippen molar-refractivity contribution >= 4 is 22.6 Å². The number of benzene rings is 1. The average molecular weight is 215 g/mol. The zero-order valence-electron chi connectivity index (χ0n) is 7.51. The second-order valence-electron chi connectivity index (χ2n) is 2.94. The van der Waals surface area contributed by atoms with E-state index in [2.05, 4.69) is 0 Å². The maximum absolute atomic E-state index is 10.9. The molecule has 0 saturated heterocycles. The van der Waals surface area contributed by atoms with Crippen LogP contribution < -0.4 is 10.6 Å². The first-order valence-electron chi connectivity index (χ1n) is 3.82. The monoisotopic (exact) mass is 215 g/mol. The van der Waals surface area contributed by atoms with Gasteiger partial charge in [0.25, 0.3) is 0 Å². The summed E-state index contributed by atoms with van der Waals surface area (Å²) in [4.78, 5) is -0.0422. The van der Waals surface area contributed by atoms with Crippen LogP contribution in [0.1, 0.15) is 5.56 Å². The van der Waals surface area contributed by atoms with Crippen LogP contribution in [0, 0.1) is 6.92 Å². The molecule has 0 bridgehead atoms. The second kappa shape index (κ2) is 3.70. The lowest BCUT2D eigenvalue weighted by atomic mass is 9.77. The Labute approximate surface area is 82.4 Å². The minimum absolute atomic E-state index is 0.0422. The zero-order chi connectivity index (χ0) is 10.9. The molecule has 0 unspecified atom stereocenters. The smallest absolute Gasteiger partial charge is 0.423 e. The molecule has 0 fully saturated rings. The SMILES string of the molecule is Cc1cc(S(N)(=O)=O)ccc1B(O)O. The third kappa shape index (κ3) is 2.33. The predicted octanol–water partition coefficient (Wildman–Crippen LogP) is -1.68. The Morgan fingerprint density at radius 1 is 1.36 bits per heavy atom. The van der Waals surface area contributed by atoms with E-state index < -0.39 is 17.1 Å². The highest BCUT2D eigenvalue weighted by atomic mass is 32.2. The third-order valence-corrected chi connectivity index (χ3v) is 2.76. The van der Waals surface area contributed by atoms with Crippen molar-refractivity contribution in [2.75, 3.05) is 0 Å². The summed E-state index contributed by atoms with van der Waals surface area (Å²) in [6.45, 7) is 1.57. The summed E-state index contributed by atoms with van der Waals surface area (Å²) < 4.78 is 21.8. The van der Waals surface area contributed by atoms with Gasteiger partial charge in [0.1, 0.15) is 0 Å². The van der Waals surface area contributed by atoms with Crippen molar-refractivity contribution < 1.29 is 18.5 Å². The van der Waals surface area contributed by atoms with Crippen molar-refractivity contribution in [3.8, 4) is 0 Å². The van der Waals surface area contributed by atoms with Gasteiger partial charge in [0.15, 0.2) is 0 Å². The van der Waals surface area contributed by atoms with Crippen molar-refractivity contribution in [3.05, 3.63) is 23.8 Å². The minimum Gasteiger partial charge on any atom is -0.423 e. The molecule has 7 heteroatoms. The van der Waals surface area contributed by atoms with Crippen molar-refractivity contribution in [2.24, 2.45) is 5.14 Å². The van der Waals surface area contributed by atoms with Crippen LogP contribution in [-0.2, 0) is 10.0 Å². The first kappa shape index (κ1) is 11.2. The van der Waals surface area contributed by atoms with Crippen molar-refractivity contribution in [3.63, 3.8) is 0 Å². The van der Waals surface area contributed by atoms with Gasteiger partial charge in [0, 0.05) is 0 Å². The van der Waals surface area contributed by atoms with Gasteiger partial charge in [-0.15, -0.1) is 0 Å². The highest BCUT2D eigenvalue weighted by Crippen LogP contribution is 2.07. The molecule has 0 aliphatic rings. The van der Waals surface area contributed by atoms with E-state index in [0.29, 0.717) is 5.56 Å². The lowest BCUT2D eigenvalue weighted by molar-refractivity contribution is 0.425. The Morgan fingerprint density at radius 3 is 2.29 bits per heavy atom. The predicted molar refractivity (Wildman–Crippen MR) is 52.4 cm³/mol. The molecule has 0 aromatic heterocycles. The molecule has 1 aromatic carbocycles. The van der Waals surface area contributed by atoms with Crippen molar-refractivity contribution in [1.29, 1.82) is 0 Å². The molecule has 0 atom stereocenters. The fourth-order valence-electron chi connectivity index (χ4n) is 1.11. The molecule has 1 rings (SSSR count). The lowest BCUT2D eigenvalue weighted by Gasteiger charge is -2.05. The average Bonchev–Trinajstić information content (AvgIpc) is 2.01. The molecule has 0 amide bonds. The van der Waals surface area contributed by atoms with Crippen LogP contribution in [0.3, 0.4) is 0 Å². The van der Waals surface area contributed by atoms with E-state index >= 15 is 0 Å². The molecule has 0 saturated carbocycles. The van der Waals surface area contributed by atoms with Gasteiger partial charge in [-0.2, -0.15) is 0 Å². The number of primary sulfonamides is 1. The Hall–Kier alpha value is -0.885. The van der Waals surface area contributed by atoms with Crippen LogP contribution in [0.5, 0.6) is 0 Å². The number of hydrogen-bond donors (Lipinski definition) is 3. The first-order chi connectivity index (χ1) is 6.32. The summed E-state index contributed by atoms with van der Waals surface area (Å²) in [5.74, 6) is 0. The lowest BCUT2D eigenvalue weighted by Crippen LogP contribution is -2.32. The molecule has 1 aromatic rings. The first-order valence-corrected chi connectivity index (χ1v) is 5.36. The molecule has 76 valence electrons. The van der Waals surface area contributed by atoms with Gasteiger partial charge >= 0.3 is 7.12 Å². The molecule has 14 heavy (non-hydrogen) atoms. The van der Waals surface area contributed by atoms with Gasteiger partial charge in [-0.05, 0) is 24.5 Å². The van der Waals surface area contributed by atoms with Gasteiger partial charge in [-0.1, -0.05) is 11.6 Å². The Balaban J connectivity index is 3.27. The van der Waals surface area contributed by atoms with Gasteiger partial charge in [-0.25, -0.2) is 13.6 Å². The van der Waals surface area contributed by atoms with Crippen LogP contribution in [0.25, 0.3) is 0 Å². The number of rotatable bonds is 2. The summed E-state index contributed by atoms with van der Waals surface area (Å²) in [5, 5.41) is 22.6. The Morgan fingerprint density at radius 2 is 1.93 bits per heavy atom. The molecular formula is C7H10BNO4S. The second-order valence-corrected chi connectivity index (χ2v) is 4.50. The molecule has 0 spiro atoms. The maximum Gasteiger partial charge on any atom is 0.488 e. The van der Waals surface area contributed by atoms with Crippen LogP contribution in [-0.4, -0.2) is 25.6 Å². The summed E-state index contributed by atoms with van der Waals surface area (Å²) >= 11 is 0. The Bertz CT molecular complexity index is 443. The van der Waals surface area contributed by atoms with E-state index in [4.69, 9.17) is 15.2 Å². The maximum atomic E-state index is 10.9. The number of nitrogens with two attached hydrogens (primary N) is 1. The van der Waals surface area contributed by atoms with Gasteiger partial charge in [-0.3, -0.25) is 0 Å². The summed E-state index contributed by atoms with van der Waals surface area (Å²) in [5.41, 5.74) is 0.726. The van der Waals surface area contributed by atoms with Crippen molar-refractivity contribution in [1.82, 2.24) is 0 Å². The van der Waals surface area contributed by atoms with Crippen LogP contribution in [0.4, 0.5) is 0 Å². The molecule has 0 aliphatic heterocycles. The van der Waals surface area contributed by atoms with E-state index in [1.807, 2.05) is 0 Å². The fourth-order valence-corrected chi connectivity index (χ4v) is 1.71. The fraction of sp³-hybridized carbons (Fsp3) is 0.143. The Kier molecular flexibility index (Phi) is 2.96. The van der Waals surface area contributed by atoms with E-state index in [1.54, 1.807) is 6.92 Å². The van der Waals surface area contributed by atoms with Gasteiger partial charge in [0.05, 0.1) is 4.90 Å². The van der Waals surface area contributed by atoms with E-state index in [1.165, 1.54) is 18.2 Å². The standard InChI is InChI=1S/C7H10BNO4S/c1-5-4-6(14(9,12)13)2-3-7(5)8(10)11/h2-4,10-11H,1H3,(H2,9,12,13). The third-order valence-electron chi connectivity index (χ3n) is 1.85. The number of sulfonamides is 1. The van der Waals surface area contributed by atoms with E-state index in [9.17, 15) is 8.42 Å². The molecular weight excluding hydrogens is 205 g/mol. The van der Waals surface area contributed by atoms with Gasteiger partial charge in [0.2, 0.25) is 10.0 Å². The normalized spacial score (nSPS) is 11.4. The topological polar surface area (TPSA) is 101 Å². The summed E-state index contributed by atoms with van der Waals surface area (Å²) in [7, 11) is -5.34. The van der Waals surface area contributed by atoms with Crippen molar-refractivity contribution in [2.45, 2.75) is 11.8 Å². The number of aryl methyl sites for hydroxylation is 1. The quantitative estimate of drug-likeness (QED) is 0.513. The molecule has 0 radical (unpaired) electrons. The largest absolute Gasteiger partial charge is 0.488 e. The summed E-state index contributed by atoms with van der Waals surface area (Å²) in [6, 6.07) is 3.85. The van der Waals surface area contributed by atoms with Gasteiger partial charge < -0.3 is 10.0 Å². The highest BCUT2D eigenvalue weighted by molar-refractivity contribution is 7.89. The molecule has 0 heterocycles. The van der Waals surface area contributed by atoms with E-state index in [-0.39, 0.29) is 10.4 Å². The molecule has 4 N–H and O–H groups in total. The molecule has 5 nitrogen and oxygen atoms in total. The zero-order valence-corrected chi connectivity index (χ0v) is 8.32. The highest BCUT2D eigenvalue weighted by Gasteiger charge is 2.16. The molecule has 0 aliphatic carbocycles.